The summed E-state index contributed by atoms with van der Waals surface area (Å²) in [5.74, 6) is 0. The fraction of sp³-hybridized carbons (Fsp3) is 0. The number of nitrogen functional groups attached to an aromatic ring is 1. The molecule has 0 saturated heterocycles. The molecule has 0 bridgehead atoms. The first kappa shape index (κ1) is 10.7. The Morgan fingerprint density at radius 2 is 1.59 bits per heavy atom. The number of nitrogens with zero attached hydrogens (tertiary/aromatic N) is 2. The number of nitrogens with two attached hydrogens (primary N) is 1. The molecule has 0 fully saturated rings. The van der Waals surface area contributed by atoms with Crippen molar-refractivity contribution >= 4 is 5.69 Å². The topological polar surface area (TPSA) is 73.6 Å². The van der Waals surface area contributed by atoms with E-state index in [2.05, 4.69) is 6.07 Å². The SMILES string of the molecule is N#Cc1ccc(-c2ccc(N)cc2)c(C#N)c1. The molecule has 0 aliphatic carbocycles. The average molecular weight is 219 g/mol. The van der Waals surface area contributed by atoms with Crippen molar-refractivity contribution in [2.24, 2.45) is 0 Å². The Labute approximate surface area is 99.3 Å². The lowest BCUT2D eigenvalue weighted by Gasteiger charge is -2.04. The fourth-order valence-corrected chi connectivity index (χ4v) is 1.62. The van der Waals surface area contributed by atoms with Crippen LogP contribution in [0, 0.1) is 22.7 Å². The van der Waals surface area contributed by atoms with Crippen molar-refractivity contribution in [1.82, 2.24) is 0 Å². The first-order valence-corrected chi connectivity index (χ1v) is 5.05. The van der Waals surface area contributed by atoms with Crippen LogP contribution in [0.4, 0.5) is 5.69 Å². The van der Waals surface area contributed by atoms with Gasteiger partial charge in [-0.25, -0.2) is 0 Å². The van der Waals surface area contributed by atoms with Crippen molar-refractivity contribution in [2.45, 2.75) is 0 Å². The highest BCUT2D eigenvalue weighted by Gasteiger charge is 2.05. The molecule has 0 radical (unpaired) electrons. The van der Waals surface area contributed by atoms with Crippen LogP contribution in [0.15, 0.2) is 42.5 Å². The molecule has 17 heavy (non-hydrogen) atoms. The average Bonchev–Trinajstić information content (AvgIpc) is 2.39. The summed E-state index contributed by atoms with van der Waals surface area (Å²) in [5, 5.41) is 17.8. The summed E-state index contributed by atoms with van der Waals surface area (Å²) in [6.07, 6.45) is 0. The third kappa shape index (κ3) is 2.09. The molecule has 0 unspecified atom stereocenters. The van der Waals surface area contributed by atoms with Crippen molar-refractivity contribution < 1.29 is 0 Å². The van der Waals surface area contributed by atoms with Crippen LogP contribution in [-0.4, -0.2) is 0 Å². The van der Waals surface area contributed by atoms with Crippen molar-refractivity contribution in [3.05, 3.63) is 53.6 Å². The van der Waals surface area contributed by atoms with E-state index in [1.807, 2.05) is 18.2 Å². The third-order valence-corrected chi connectivity index (χ3v) is 2.49. The summed E-state index contributed by atoms with van der Waals surface area (Å²) < 4.78 is 0. The van der Waals surface area contributed by atoms with E-state index < -0.39 is 0 Å². The highest BCUT2D eigenvalue weighted by atomic mass is 14.5. The molecule has 0 aliphatic rings. The first-order valence-electron chi connectivity index (χ1n) is 5.05. The van der Waals surface area contributed by atoms with E-state index in [0.717, 1.165) is 11.1 Å². The molecule has 0 spiro atoms. The Kier molecular flexibility index (Phi) is 2.77. The second kappa shape index (κ2) is 4.38. The van der Waals surface area contributed by atoms with E-state index in [9.17, 15) is 0 Å². The Hall–Kier alpha value is -2.78. The lowest BCUT2D eigenvalue weighted by Crippen LogP contribution is -1.88. The predicted octanol–water partition coefficient (Wildman–Crippen LogP) is 2.68. The number of hydrogen-bond acceptors (Lipinski definition) is 3. The van der Waals surface area contributed by atoms with Crippen LogP contribution in [-0.2, 0) is 0 Å². The summed E-state index contributed by atoms with van der Waals surface area (Å²) in [6, 6.07) is 16.5. The Morgan fingerprint density at radius 3 is 2.18 bits per heavy atom. The largest absolute Gasteiger partial charge is 0.399 e. The summed E-state index contributed by atoms with van der Waals surface area (Å²) in [6.45, 7) is 0. The van der Waals surface area contributed by atoms with Gasteiger partial charge in [-0.05, 0) is 35.4 Å². The van der Waals surface area contributed by atoms with Crippen LogP contribution in [0.1, 0.15) is 11.1 Å². The molecule has 2 N–H and O–H groups in total. The van der Waals surface area contributed by atoms with E-state index >= 15 is 0 Å². The minimum atomic E-state index is 0.487. The van der Waals surface area contributed by atoms with Gasteiger partial charge in [0.15, 0.2) is 0 Å². The molecule has 0 amide bonds. The summed E-state index contributed by atoms with van der Waals surface area (Å²) in [5.41, 5.74) is 9.00. The molecule has 3 heteroatoms. The molecular weight excluding hydrogens is 210 g/mol. The molecule has 0 atom stereocenters. The van der Waals surface area contributed by atoms with Crippen LogP contribution in [0.5, 0.6) is 0 Å². The smallest absolute Gasteiger partial charge is 0.0998 e. The van der Waals surface area contributed by atoms with Crippen LogP contribution in [0.25, 0.3) is 11.1 Å². The number of benzene rings is 2. The molecule has 3 nitrogen and oxygen atoms in total. The number of anilines is 1. The van der Waals surface area contributed by atoms with Gasteiger partial charge in [-0.3, -0.25) is 0 Å². The zero-order chi connectivity index (χ0) is 12.3. The first-order chi connectivity index (χ1) is 8.24. The number of nitriles is 2. The van der Waals surface area contributed by atoms with Crippen molar-refractivity contribution in [3.8, 4) is 23.3 Å². The highest BCUT2D eigenvalue weighted by Crippen LogP contribution is 2.25. The highest BCUT2D eigenvalue weighted by molar-refractivity contribution is 5.72. The maximum Gasteiger partial charge on any atom is 0.0998 e. The molecule has 0 aliphatic heterocycles. The third-order valence-electron chi connectivity index (χ3n) is 2.49. The van der Waals surface area contributed by atoms with Gasteiger partial charge in [-0.15, -0.1) is 0 Å². The second-order valence-corrected chi connectivity index (χ2v) is 3.61. The molecular formula is C14H9N3. The summed E-state index contributed by atoms with van der Waals surface area (Å²) >= 11 is 0. The zero-order valence-corrected chi connectivity index (χ0v) is 9.01. The Balaban J connectivity index is 2.57. The van der Waals surface area contributed by atoms with Gasteiger partial charge in [-0.1, -0.05) is 18.2 Å². The van der Waals surface area contributed by atoms with Gasteiger partial charge in [0.05, 0.1) is 23.3 Å². The van der Waals surface area contributed by atoms with Gasteiger partial charge in [0.25, 0.3) is 0 Å². The molecule has 2 aromatic carbocycles. The van der Waals surface area contributed by atoms with Gasteiger partial charge in [0.1, 0.15) is 0 Å². The van der Waals surface area contributed by atoms with Gasteiger partial charge < -0.3 is 5.73 Å². The van der Waals surface area contributed by atoms with E-state index in [4.69, 9.17) is 16.3 Å². The lowest BCUT2D eigenvalue weighted by atomic mass is 9.98. The minimum Gasteiger partial charge on any atom is -0.399 e. The van der Waals surface area contributed by atoms with E-state index in [1.54, 1.807) is 30.3 Å². The zero-order valence-electron chi connectivity index (χ0n) is 9.01. The van der Waals surface area contributed by atoms with Crippen LogP contribution in [0.2, 0.25) is 0 Å². The van der Waals surface area contributed by atoms with E-state index in [1.165, 1.54) is 0 Å². The van der Waals surface area contributed by atoms with Crippen molar-refractivity contribution in [1.29, 1.82) is 10.5 Å². The Morgan fingerprint density at radius 1 is 0.882 bits per heavy atom. The van der Waals surface area contributed by atoms with Gasteiger partial charge in [-0.2, -0.15) is 10.5 Å². The maximum atomic E-state index is 9.07. The number of rotatable bonds is 1. The van der Waals surface area contributed by atoms with E-state index in [0.29, 0.717) is 16.8 Å². The summed E-state index contributed by atoms with van der Waals surface area (Å²) in [7, 11) is 0. The second-order valence-electron chi connectivity index (χ2n) is 3.61. The molecule has 0 aromatic heterocycles. The fourth-order valence-electron chi connectivity index (χ4n) is 1.62. The quantitative estimate of drug-likeness (QED) is 0.749. The van der Waals surface area contributed by atoms with E-state index in [-0.39, 0.29) is 0 Å². The van der Waals surface area contributed by atoms with Gasteiger partial charge in [0, 0.05) is 5.69 Å². The molecule has 80 valence electrons. The lowest BCUT2D eigenvalue weighted by molar-refractivity contribution is 1.44. The van der Waals surface area contributed by atoms with Crippen molar-refractivity contribution in [2.75, 3.05) is 5.73 Å². The van der Waals surface area contributed by atoms with Crippen LogP contribution >= 0.6 is 0 Å². The molecule has 0 heterocycles. The molecule has 2 rings (SSSR count). The normalized spacial score (nSPS) is 9.29. The Bertz CT molecular complexity index is 628. The van der Waals surface area contributed by atoms with Crippen LogP contribution < -0.4 is 5.73 Å². The standard InChI is InChI=1S/C14H9N3/c15-8-10-1-6-14(12(7-10)9-16)11-2-4-13(17)5-3-11/h1-7H,17H2. The van der Waals surface area contributed by atoms with Gasteiger partial charge >= 0.3 is 0 Å². The maximum absolute atomic E-state index is 9.07. The molecule has 0 saturated carbocycles. The molecule has 2 aromatic rings. The summed E-state index contributed by atoms with van der Waals surface area (Å²) in [4.78, 5) is 0. The number of hydrogen-bond donors (Lipinski definition) is 1. The van der Waals surface area contributed by atoms with Crippen molar-refractivity contribution in [3.63, 3.8) is 0 Å². The minimum absolute atomic E-state index is 0.487. The monoisotopic (exact) mass is 219 g/mol. The van der Waals surface area contributed by atoms with Crippen LogP contribution in [0.3, 0.4) is 0 Å². The predicted molar refractivity (Wildman–Crippen MR) is 65.7 cm³/mol. The van der Waals surface area contributed by atoms with Gasteiger partial charge in [0.2, 0.25) is 0 Å².